The minimum absolute atomic E-state index is 0.158. The van der Waals surface area contributed by atoms with Crippen LogP contribution in [0.5, 0.6) is 0 Å². The average Bonchev–Trinajstić information content (AvgIpc) is 2.47. The van der Waals surface area contributed by atoms with Crippen LogP contribution in [0.1, 0.15) is 17.4 Å². The highest BCUT2D eigenvalue weighted by Gasteiger charge is 2.07. The molecule has 1 aromatic rings. The van der Waals surface area contributed by atoms with Crippen molar-refractivity contribution >= 4 is 5.91 Å². The van der Waals surface area contributed by atoms with E-state index in [9.17, 15) is 9.59 Å². The maximum Gasteiger partial charge on any atom is 0.323 e. The Bertz CT molecular complexity index is 339. The first kappa shape index (κ1) is 9.53. The van der Waals surface area contributed by atoms with Gasteiger partial charge in [-0.1, -0.05) is 0 Å². The molecule has 0 saturated heterocycles. The summed E-state index contributed by atoms with van der Waals surface area (Å²) in [4.78, 5) is 26.3. The van der Waals surface area contributed by atoms with Crippen molar-refractivity contribution in [2.24, 2.45) is 0 Å². The van der Waals surface area contributed by atoms with E-state index in [1.165, 1.54) is 6.20 Å². The van der Waals surface area contributed by atoms with Crippen LogP contribution >= 0.6 is 0 Å². The highest BCUT2D eigenvalue weighted by molar-refractivity contribution is 5.91. The van der Waals surface area contributed by atoms with E-state index in [2.05, 4.69) is 15.3 Å². The standard InChI is InChI=1S/C7H11N3O3/c1-4(11)2-8-6(12)5-3-9-7(13)10-5/h3-4,11H,2H2,1H3,(H,8,12)(H2,9,10,13)/t4-/m0/s1. The predicted octanol–water partition coefficient (Wildman–Crippen LogP) is -1.19. The molecule has 0 bridgehead atoms. The van der Waals surface area contributed by atoms with Crippen molar-refractivity contribution < 1.29 is 9.90 Å². The minimum atomic E-state index is -0.602. The number of aromatic amines is 2. The van der Waals surface area contributed by atoms with Crippen molar-refractivity contribution in [1.29, 1.82) is 0 Å². The van der Waals surface area contributed by atoms with E-state index in [1.807, 2.05) is 0 Å². The summed E-state index contributed by atoms with van der Waals surface area (Å²) in [6.07, 6.45) is 0.675. The van der Waals surface area contributed by atoms with Gasteiger partial charge in [-0.25, -0.2) is 4.79 Å². The number of hydrogen-bond donors (Lipinski definition) is 4. The van der Waals surface area contributed by atoms with Crippen LogP contribution in [0.3, 0.4) is 0 Å². The fraction of sp³-hybridized carbons (Fsp3) is 0.429. The van der Waals surface area contributed by atoms with Gasteiger partial charge in [0.25, 0.3) is 5.91 Å². The lowest BCUT2D eigenvalue weighted by molar-refractivity contribution is 0.0919. The van der Waals surface area contributed by atoms with Crippen LogP contribution in [0.25, 0.3) is 0 Å². The van der Waals surface area contributed by atoms with Gasteiger partial charge >= 0.3 is 5.69 Å². The summed E-state index contributed by atoms with van der Waals surface area (Å²) in [6, 6.07) is 0. The minimum Gasteiger partial charge on any atom is -0.392 e. The summed E-state index contributed by atoms with van der Waals surface area (Å²) in [7, 11) is 0. The Kier molecular flexibility index (Phi) is 2.86. The fourth-order valence-corrected chi connectivity index (χ4v) is 0.790. The third-order valence-corrected chi connectivity index (χ3v) is 1.40. The molecule has 1 amide bonds. The fourth-order valence-electron chi connectivity index (χ4n) is 0.790. The van der Waals surface area contributed by atoms with Crippen LogP contribution in [0.15, 0.2) is 11.0 Å². The molecule has 1 rings (SSSR count). The lowest BCUT2D eigenvalue weighted by atomic mass is 10.4. The molecule has 1 aromatic heterocycles. The van der Waals surface area contributed by atoms with Gasteiger partial charge in [-0.15, -0.1) is 0 Å². The Morgan fingerprint density at radius 2 is 2.46 bits per heavy atom. The molecule has 0 unspecified atom stereocenters. The molecule has 1 heterocycles. The molecule has 0 aliphatic rings. The number of carbonyl (C=O) groups is 1. The molecule has 0 fully saturated rings. The van der Waals surface area contributed by atoms with Gasteiger partial charge in [0.1, 0.15) is 5.69 Å². The van der Waals surface area contributed by atoms with E-state index >= 15 is 0 Å². The molecule has 4 N–H and O–H groups in total. The molecule has 6 nitrogen and oxygen atoms in total. The summed E-state index contributed by atoms with van der Waals surface area (Å²) >= 11 is 0. The van der Waals surface area contributed by atoms with Crippen LogP contribution in [0.4, 0.5) is 0 Å². The Balaban J connectivity index is 2.54. The number of aliphatic hydroxyl groups is 1. The normalized spacial score (nSPS) is 12.5. The van der Waals surface area contributed by atoms with E-state index in [-0.39, 0.29) is 12.2 Å². The number of aromatic nitrogens is 2. The number of nitrogens with one attached hydrogen (secondary N) is 3. The Morgan fingerprint density at radius 3 is 2.92 bits per heavy atom. The zero-order valence-corrected chi connectivity index (χ0v) is 7.13. The molecule has 1 atom stereocenters. The number of H-pyrrole nitrogens is 2. The summed E-state index contributed by atoms with van der Waals surface area (Å²) < 4.78 is 0. The molecular weight excluding hydrogens is 174 g/mol. The topological polar surface area (TPSA) is 98.0 Å². The largest absolute Gasteiger partial charge is 0.392 e. The quantitative estimate of drug-likeness (QED) is 0.476. The second kappa shape index (κ2) is 3.90. The molecule has 13 heavy (non-hydrogen) atoms. The first-order chi connectivity index (χ1) is 6.09. The van der Waals surface area contributed by atoms with Gasteiger partial charge in [0.2, 0.25) is 0 Å². The van der Waals surface area contributed by atoms with Gasteiger partial charge in [-0.2, -0.15) is 0 Å². The van der Waals surface area contributed by atoms with Crippen molar-refractivity contribution in [3.05, 3.63) is 22.4 Å². The van der Waals surface area contributed by atoms with E-state index in [1.54, 1.807) is 6.92 Å². The summed E-state index contributed by atoms with van der Waals surface area (Å²) in [5.41, 5.74) is -0.271. The second-order valence-electron chi connectivity index (χ2n) is 2.72. The Hall–Kier alpha value is -1.56. The third kappa shape index (κ3) is 2.75. The highest BCUT2D eigenvalue weighted by atomic mass is 16.3. The van der Waals surface area contributed by atoms with Gasteiger partial charge in [0.15, 0.2) is 0 Å². The molecule has 0 aliphatic carbocycles. The van der Waals surface area contributed by atoms with Crippen molar-refractivity contribution in [2.75, 3.05) is 6.54 Å². The van der Waals surface area contributed by atoms with Crippen molar-refractivity contribution in [3.8, 4) is 0 Å². The molecule has 0 saturated carbocycles. The molecule has 0 radical (unpaired) electrons. The zero-order valence-electron chi connectivity index (χ0n) is 7.13. The summed E-state index contributed by atoms with van der Waals surface area (Å²) in [5, 5.41) is 11.3. The lowest BCUT2D eigenvalue weighted by Crippen LogP contribution is -2.31. The smallest absolute Gasteiger partial charge is 0.323 e. The van der Waals surface area contributed by atoms with E-state index < -0.39 is 17.7 Å². The summed E-state index contributed by atoms with van der Waals surface area (Å²) in [6.45, 7) is 1.71. The molecule has 0 aromatic carbocycles. The van der Waals surface area contributed by atoms with Crippen LogP contribution in [-0.2, 0) is 0 Å². The lowest BCUT2D eigenvalue weighted by Gasteiger charge is -2.04. The van der Waals surface area contributed by atoms with Gasteiger partial charge < -0.3 is 20.4 Å². The van der Waals surface area contributed by atoms with Crippen LogP contribution < -0.4 is 11.0 Å². The highest BCUT2D eigenvalue weighted by Crippen LogP contribution is 1.87. The van der Waals surface area contributed by atoms with Crippen LogP contribution in [0, 0.1) is 0 Å². The average molecular weight is 185 g/mol. The van der Waals surface area contributed by atoms with Gasteiger partial charge in [-0.3, -0.25) is 4.79 Å². The van der Waals surface area contributed by atoms with Gasteiger partial charge in [0.05, 0.1) is 6.10 Å². The molecular formula is C7H11N3O3. The van der Waals surface area contributed by atoms with Crippen molar-refractivity contribution in [2.45, 2.75) is 13.0 Å². The number of aliphatic hydroxyl groups excluding tert-OH is 1. The number of imidazole rings is 1. The van der Waals surface area contributed by atoms with E-state index in [0.717, 1.165) is 0 Å². The Labute approximate surface area is 74.0 Å². The van der Waals surface area contributed by atoms with Crippen molar-refractivity contribution in [1.82, 2.24) is 15.3 Å². The van der Waals surface area contributed by atoms with E-state index in [4.69, 9.17) is 5.11 Å². The number of amides is 1. The SMILES string of the molecule is C[C@H](O)CNC(=O)c1c[nH]c(=O)[nH]1. The van der Waals surface area contributed by atoms with Gasteiger partial charge in [0, 0.05) is 12.7 Å². The number of hydrogen-bond acceptors (Lipinski definition) is 3. The molecule has 6 heteroatoms. The molecule has 72 valence electrons. The Morgan fingerprint density at radius 1 is 1.77 bits per heavy atom. The molecule has 0 spiro atoms. The predicted molar refractivity (Wildman–Crippen MR) is 45.4 cm³/mol. The van der Waals surface area contributed by atoms with E-state index in [0.29, 0.717) is 0 Å². The third-order valence-electron chi connectivity index (χ3n) is 1.40. The monoisotopic (exact) mass is 185 g/mol. The maximum atomic E-state index is 11.2. The van der Waals surface area contributed by atoms with Crippen LogP contribution in [-0.4, -0.2) is 33.6 Å². The second-order valence-corrected chi connectivity index (χ2v) is 2.72. The van der Waals surface area contributed by atoms with Crippen molar-refractivity contribution in [3.63, 3.8) is 0 Å². The summed E-state index contributed by atoms with van der Waals surface area (Å²) in [5.74, 6) is -0.417. The molecule has 0 aliphatic heterocycles. The van der Waals surface area contributed by atoms with Crippen LogP contribution in [0.2, 0.25) is 0 Å². The zero-order chi connectivity index (χ0) is 9.84. The number of carbonyl (C=O) groups excluding carboxylic acids is 1. The maximum absolute atomic E-state index is 11.2. The van der Waals surface area contributed by atoms with Gasteiger partial charge in [-0.05, 0) is 6.92 Å². The first-order valence-electron chi connectivity index (χ1n) is 3.83. The number of rotatable bonds is 3. The first-order valence-corrected chi connectivity index (χ1v) is 3.83.